The zero-order valence-electron chi connectivity index (χ0n) is 7.58. The third-order valence-corrected chi connectivity index (χ3v) is 2.21. The second-order valence-corrected chi connectivity index (χ2v) is 3.37. The van der Waals surface area contributed by atoms with Crippen LogP contribution in [0.15, 0.2) is 10.7 Å². The van der Waals surface area contributed by atoms with E-state index in [0.29, 0.717) is 12.2 Å². The van der Waals surface area contributed by atoms with Crippen LogP contribution in [0.2, 0.25) is 0 Å². The van der Waals surface area contributed by atoms with Crippen LogP contribution in [0.4, 0.5) is 0 Å². The number of ether oxygens (including phenoxy) is 1. The van der Waals surface area contributed by atoms with Gasteiger partial charge in [-0.15, -0.1) is 0 Å². The normalized spacial score (nSPS) is 10.4. The number of aromatic nitrogens is 2. The first-order valence-corrected chi connectivity index (χ1v) is 4.73. The number of ketones is 1. The molecular weight excluding hydrogens is 236 g/mol. The van der Waals surface area contributed by atoms with Crippen molar-refractivity contribution in [2.75, 3.05) is 13.7 Å². The number of halogens is 1. The Kier molecular flexibility index (Phi) is 3.62. The molecule has 72 valence electrons. The Bertz CT molecular complexity index is 309. The Labute approximate surface area is 85.0 Å². The highest BCUT2D eigenvalue weighted by molar-refractivity contribution is 9.10. The van der Waals surface area contributed by atoms with Crippen LogP contribution in [0, 0.1) is 0 Å². The summed E-state index contributed by atoms with van der Waals surface area (Å²) >= 11 is 3.27. The zero-order valence-corrected chi connectivity index (χ0v) is 9.17. The number of Topliss-reactive ketones (excluding diaryl/α,β-unsaturated/α-hetero) is 1. The highest BCUT2D eigenvalue weighted by Crippen LogP contribution is 2.16. The standard InChI is InChI=1S/C8H11BrN2O2/c1-3-11-8(6(9)4-10-11)7(12)5-13-2/h4H,3,5H2,1-2H3. The predicted molar refractivity (Wildman–Crippen MR) is 51.8 cm³/mol. The highest BCUT2D eigenvalue weighted by atomic mass is 79.9. The summed E-state index contributed by atoms with van der Waals surface area (Å²) in [6.45, 7) is 2.70. The number of hydrogen-bond acceptors (Lipinski definition) is 3. The minimum atomic E-state index is -0.0614. The molecule has 0 amide bonds. The summed E-state index contributed by atoms with van der Waals surface area (Å²) in [5, 5.41) is 4.03. The zero-order chi connectivity index (χ0) is 9.84. The first-order valence-electron chi connectivity index (χ1n) is 3.94. The summed E-state index contributed by atoms with van der Waals surface area (Å²) in [6.07, 6.45) is 1.62. The molecule has 0 radical (unpaired) electrons. The maximum atomic E-state index is 11.5. The Morgan fingerprint density at radius 1 is 1.77 bits per heavy atom. The topological polar surface area (TPSA) is 44.1 Å². The average molecular weight is 247 g/mol. The van der Waals surface area contributed by atoms with Gasteiger partial charge in [-0.2, -0.15) is 5.10 Å². The van der Waals surface area contributed by atoms with Crippen molar-refractivity contribution in [3.63, 3.8) is 0 Å². The molecule has 5 heteroatoms. The van der Waals surface area contributed by atoms with Crippen LogP contribution in [0.25, 0.3) is 0 Å². The third-order valence-electron chi connectivity index (χ3n) is 1.63. The lowest BCUT2D eigenvalue weighted by atomic mass is 10.3. The molecule has 4 nitrogen and oxygen atoms in total. The van der Waals surface area contributed by atoms with Crippen LogP contribution in [0.1, 0.15) is 17.4 Å². The van der Waals surface area contributed by atoms with Crippen LogP contribution in [-0.4, -0.2) is 29.3 Å². The number of carbonyl (C=O) groups excluding carboxylic acids is 1. The first-order chi connectivity index (χ1) is 6.20. The van der Waals surface area contributed by atoms with Crippen molar-refractivity contribution in [2.24, 2.45) is 0 Å². The van der Waals surface area contributed by atoms with Gasteiger partial charge in [0, 0.05) is 13.7 Å². The van der Waals surface area contributed by atoms with Crippen molar-refractivity contribution in [1.82, 2.24) is 9.78 Å². The summed E-state index contributed by atoms with van der Waals surface area (Å²) in [7, 11) is 1.50. The van der Waals surface area contributed by atoms with Crippen LogP contribution in [0.5, 0.6) is 0 Å². The molecule has 0 saturated heterocycles. The van der Waals surface area contributed by atoms with Gasteiger partial charge in [-0.3, -0.25) is 9.48 Å². The summed E-state index contributed by atoms with van der Waals surface area (Å²) in [4.78, 5) is 11.5. The fourth-order valence-electron chi connectivity index (χ4n) is 1.08. The minimum absolute atomic E-state index is 0.0614. The molecule has 0 spiro atoms. The number of carbonyl (C=O) groups is 1. The molecule has 0 saturated carbocycles. The van der Waals surface area contributed by atoms with E-state index in [-0.39, 0.29) is 12.4 Å². The Morgan fingerprint density at radius 3 is 3.00 bits per heavy atom. The molecule has 13 heavy (non-hydrogen) atoms. The van der Waals surface area contributed by atoms with Gasteiger partial charge >= 0.3 is 0 Å². The molecule has 0 atom stereocenters. The van der Waals surface area contributed by atoms with E-state index in [2.05, 4.69) is 21.0 Å². The number of hydrogen-bond donors (Lipinski definition) is 0. The molecule has 1 heterocycles. The molecule has 0 aromatic carbocycles. The van der Waals surface area contributed by atoms with Gasteiger partial charge in [-0.25, -0.2) is 0 Å². The molecule has 0 aliphatic rings. The molecule has 0 unspecified atom stereocenters. The second-order valence-electron chi connectivity index (χ2n) is 2.51. The Hall–Kier alpha value is -0.680. The SMILES string of the molecule is CCn1ncc(Br)c1C(=O)COC. The van der Waals surface area contributed by atoms with Gasteiger partial charge in [-0.1, -0.05) is 0 Å². The van der Waals surface area contributed by atoms with Gasteiger partial charge in [0.1, 0.15) is 12.3 Å². The fourth-order valence-corrected chi connectivity index (χ4v) is 1.60. The van der Waals surface area contributed by atoms with E-state index in [4.69, 9.17) is 4.74 Å². The molecule has 1 rings (SSSR count). The molecule has 0 aliphatic carbocycles. The van der Waals surface area contributed by atoms with Crippen molar-refractivity contribution >= 4 is 21.7 Å². The fraction of sp³-hybridized carbons (Fsp3) is 0.500. The molecular formula is C8H11BrN2O2. The van der Waals surface area contributed by atoms with Gasteiger partial charge in [0.15, 0.2) is 0 Å². The Morgan fingerprint density at radius 2 is 2.46 bits per heavy atom. The molecule has 0 bridgehead atoms. The van der Waals surface area contributed by atoms with E-state index in [0.717, 1.165) is 4.47 Å². The second kappa shape index (κ2) is 4.53. The third kappa shape index (κ3) is 2.16. The van der Waals surface area contributed by atoms with Gasteiger partial charge in [0.2, 0.25) is 5.78 Å². The van der Waals surface area contributed by atoms with Gasteiger partial charge in [-0.05, 0) is 22.9 Å². The lowest BCUT2D eigenvalue weighted by Gasteiger charge is -2.03. The summed E-state index contributed by atoms with van der Waals surface area (Å²) in [5.41, 5.74) is 0.573. The maximum Gasteiger partial charge on any atom is 0.207 e. The van der Waals surface area contributed by atoms with Gasteiger partial charge in [0.25, 0.3) is 0 Å². The van der Waals surface area contributed by atoms with E-state index >= 15 is 0 Å². The number of methoxy groups -OCH3 is 1. The number of rotatable bonds is 4. The maximum absolute atomic E-state index is 11.5. The van der Waals surface area contributed by atoms with Crippen LogP contribution in [-0.2, 0) is 11.3 Å². The lowest BCUT2D eigenvalue weighted by molar-refractivity contribution is 0.0836. The largest absolute Gasteiger partial charge is 0.376 e. The smallest absolute Gasteiger partial charge is 0.207 e. The number of nitrogens with zero attached hydrogens (tertiary/aromatic N) is 2. The van der Waals surface area contributed by atoms with Gasteiger partial charge in [0.05, 0.1) is 10.7 Å². The Balaban J connectivity index is 2.96. The molecule has 0 N–H and O–H groups in total. The summed E-state index contributed by atoms with van der Waals surface area (Å²) in [5.74, 6) is -0.0614. The average Bonchev–Trinajstić information content (AvgIpc) is 2.47. The monoisotopic (exact) mass is 246 g/mol. The van der Waals surface area contributed by atoms with Crippen LogP contribution < -0.4 is 0 Å². The summed E-state index contributed by atoms with van der Waals surface area (Å²) < 4.78 is 7.13. The van der Waals surface area contributed by atoms with E-state index in [1.807, 2.05) is 6.92 Å². The predicted octanol–water partition coefficient (Wildman–Crippen LogP) is 1.49. The highest BCUT2D eigenvalue weighted by Gasteiger charge is 2.15. The van der Waals surface area contributed by atoms with Crippen molar-refractivity contribution in [2.45, 2.75) is 13.5 Å². The van der Waals surface area contributed by atoms with E-state index in [9.17, 15) is 4.79 Å². The molecule has 0 aliphatic heterocycles. The van der Waals surface area contributed by atoms with Crippen LogP contribution >= 0.6 is 15.9 Å². The molecule has 0 fully saturated rings. The van der Waals surface area contributed by atoms with E-state index in [1.54, 1.807) is 10.9 Å². The van der Waals surface area contributed by atoms with Crippen molar-refractivity contribution < 1.29 is 9.53 Å². The number of aryl methyl sites for hydroxylation is 1. The van der Waals surface area contributed by atoms with Crippen molar-refractivity contribution in [1.29, 1.82) is 0 Å². The van der Waals surface area contributed by atoms with Crippen molar-refractivity contribution in [3.8, 4) is 0 Å². The van der Waals surface area contributed by atoms with E-state index < -0.39 is 0 Å². The lowest BCUT2D eigenvalue weighted by Crippen LogP contribution is -2.14. The quantitative estimate of drug-likeness (QED) is 0.757. The van der Waals surface area contributed by atoms with Crippen molar-refractivity contribution in [3.05, 3.63) is 16.4 Å². The summed E-state index contributed by atoms with van der Waals surface area (Å²) in [6, 6.07) is 0. The molecule has 1 aromatic heterocycles. The van der Waals surface area contributed by atoms with Crippen LogP contribution in [0.3, 0.4) is 0 Å². The van der Waals surface area contributed by atoms with E-state index in [1.165, 1.54) is 7.11 Å². The van der Waals surface area contributed by atoms with Gasteiger partial charge < -0.3 is 4.74 Å². The minimum Gasteiger partial charge on any atom is -0.376 e. The first kappa shape index (κ1) is 10.4. The molecule has 1 aromatic rings.